The molecule has 0 aliphatic heterocycles. The summed E-state index contributed by atoms with van der Waals surface area (Å²) in [4.78, 5) is 13.3. The van der Waals surface area contributed by atoms with Crippen LogP contribution in [0.5, 0.6) is 0 Å². The fraction of sp³-hybridized carbons (Fsp3) is 0.632. The summed E-state index contributed by atoms with van der Waals surface area (Å²) in [5.74, 6) is 0.519. The number of hydrogen-bond donors (Lipinski definition) is 0. The summed E-state index contributed by atoms with van der Waals surface area (Å²) >= 11 is 0. The summed E-state index contributed by atoms with van der Waals surface area (Å²) in [5, 5.41) is 0. The van der Waals surface area contributed by atoms with Gasteiger partial charge < -0.3 is 9.47 Å². The van der Waals surface area contributed by atoms with Gasteiger partial charge in [-0.15, -0.1) is 0 Å². The molecule has 1 aromatic rings. The highest BCUT2D eigenvalue weighted by Gasteiger charge is 2.41. The Morgan fingerprint density at radius 2 is 1.73 bits per heavy atom. The number of ether oxygens (including phenoxy) is 2. The number of carbonyl (C=O) groups excluding carboxylic acids is 1. The van der Waals surface area contributed by atoms with Crippen LogP contribution in [-0.2, 0) is 19.7 Å². The van der Waals surface area contributed by atoms with Gasteiger partial charge in [0.1, 0.15) is 5.78 Å². The van der Waals surface area contributed by atoms with Gasteiger partial charge in [0, 0.05) is 26.6 Å². The zero-order chi connectivity index (χ0) is 16.0. The van der Waals surface area contributed by atoms with Crippen molar-refractivity contribution in [1.82, 2.24) is 0 Å². The average molecular weight is 304 g/mol. The Labute approximate surface area is 134 Å². The predicted molar refractivity (Wildman–Crippen MR) is 87.8 cm³/mol. The number of rotatable bonds is 7. The van der Waals surface area contributed by atoms with Crippen molar-refractivity contribution in [3.63, 3.8) is 0 Å². The number of benzene rings is 1. The molecule has 0 N–H and O–H groups in total. The number of methoxy groups -OCH3 is 2. The second-order valence-corrected chi connectivity index (χ2v) is 6.50. The van der Waals surface area contributed by atoms with E-state index in [1.165, 1.54) is 19.3 Å². The van der Waals surface area contributed by atoms with Gasteiger partial charge in [0.2, 0.25) is 0 Å². The number of carbonyl (C=O) groups is 1. The highest BCUT2D eigenvalue weighted by molar-refractivity contribution is 5.91. The molecule has 0 spiro atoms. The predicted octanol–water partition coefficient (Wildman–Crippen LogP) is 4.10. The molecule has 3 heteroatoms. The van der Waals surface area contributed by atoms with E-state index in [0.29, 0.717) is 12.2 Å². The minimum absolute atomic E-state index is 0.174. The first-order valence-electron chi connectivity index (χ1n) is 8.27. The van der Waals surface area contributed by atoms with E-state index in [1.54, 1.807) is 14.2 Å². The molecule has 22 heavy (non-hydrogen) atoms. The van der Waals surface area contributed by atoms with Gasteiger partial charge in [0.15, 0.2) is 6.29 Å². The Morgan fingerprint density at radius 3 is 2.27 bits per heavy atom. The van der Waals surface area contributed by atoms with E-state index in [4.69, 9.17) is 9.47 Å². The first-order valence-corrected chi connectivity index (χ1v) is 8.27. The number of ketones is 1. The SMILES string of the molecule is COC(CC(C)(C(=O)C1CCCCC1)c1ccccc1)OC. The summed E-state index contributed by atoms with van der Waals surface area (Å²) in [6.45, 7) is 2.05. The van der Waals surface area contributed by atoms with Crippen LogP contribution >= 0.6 is 0 Å². The lowest BCUT2D eigenvalue weighted by molar-refractivity contribution is -0.141. The molecule has 1 fully saturated rings. The van der Waals surface area contributed by atoms with Crippen LogP contribution in [0.15, 0.2) is 30.3 Å². The molecule has 1 aliphatic rings. The smallest absolute Gasteiger partial charge is 0.158 e. The monoisotopic (exact) mass is 304 g/mol. The lowest BCUT2D eigenvalue weighted by Crippen LogP contribution is -2.41. The molecule has 1 atom stereocenters. The van der Waals surface area contributed by atoms with E-state index in [1.807, 2.05) is 37.3 Å². The van der Waals surface area contributed by atoms with Crippen LogP contribution < -0.4 is 0 Å². The van der Waals surface area contributed by atoms with Crippen molar-refractivity contribution >= 4 is 5.78 Å². The largest absolute Gasteiger partial charge is 0.356 e. The molecular formula is C19H28O3. The first kappa shape index (κ1) is 17.2. The zero-order valence-corrected chi connectivity index (χ0v) is 14.0. The van der Waals surface area contributed by atoms with Gasteiger partial charge in [0.05, 0.1) is 5.41 Å². The van der Waals surface area contributed by atoms with Crippen molar-refractivity contribution in [2.24, 2.45) is 5.92 Å². The Morgan fingerprint density at radius 1 is 1.14 bits per heavy atom. The van der Waals surface area contributed by atoms with Crippen molar-refractivity contribution in [2.75, 3.05) is 14.2 Å². The highest BCUT2D eigenvalue weighted by Crippen LogP contribution is 2.37. The summed E-state index contributed by atoms with van der Waals surface area (Å²) in [5.41, 5.74) is 0.504. The fourth-order valence-electron chi connectivity index (χ4n) is 3.58. The minimum atomic E-state index is -0.556. The van der Waals surface area contributed by atoms with Crippen LogP contribution in [0.4, 0.5) is 0 Å². The molecule has 0 saturated heterocycles. The molecule has 1 saturated carbocycles. The second kappa shape index (κ2) is 7.89. The van der Waals surface area contributed by atoms with E-state index >= 15 is 0 Å². The molecule has 1 aliphatic carbocycles. The zero-order valence-electron chi connectivity index (χ0n) is 14.0. The van der Waals surface area contributed by atoms with Crippen molar-refractivity contribution in [3.05, 3.63) is 35.9 Å². The summed E-state index contributed by atoms with van der Waals surface area (Å²) < 4.78 is 10.8. The van der Waals surface area contributed by atoms with Crippen molar-refractivity contribution in [3.8, 4) is 0 Å². The normalized spacial score (nSPS) is 19.1. The molecule has 122 valence electrons. The summed E-state index contributed by atoms with van der Waals surface area (Å²) in [7, 11) is 3.26. The van der Waals surface area contributed by atoms with Gasteiger partial charge in [0.25, 0.3) is 0 Å². The maximum absolute atomic E-state index is 13.3. The summed E-state index contributed by atoms with van der Waals surface area (Å²) in [6.07, 6.45) is 5.82. The van der Waals surface area contributed by atoms with Gasteiger partial charge in [-0.2, -0.15) is 0 Å². The van der Waals surface area contributed by atoms with Gasteiger partial charge in [-0.25, -0.2) is 0 Å². The molecule has 2 rings (SSSR count). The quantitative estimate of drug-likeness (QED) is 0.711. The van der Waals surface area contributed by atoms with Gasteiger partial charge >= 0.3 is 0 Å². The van der Waals surface area contributed by atoms with Gasteiger partial charge in [-0.3, -0.25) is 4.79 Å². The lowest BCUT2D eigenvalue weighted by atomic mass is 9.68. The Balaban J connectivity index is 2.29. The minimum Gasteiger partial charge on any atom is -0.356 e. The molecule has 0 amide bonds. The Kier molecular flexibility index (Phi) is 6.16. The fourth-order valence-corrected chi connectivity index (χ4v) is 3.58. The van der Waals surface area contributed by atoms with Crippen LogP contribution in [-0.4, -0.2) is 26.3 Å². The van der Waals surface area contributed by atoms with E-state index < -0.39 is 5.41 Å². The van der Waals surface area contributed by atoms with Crippen molar-refractivity contribution in [1.29, 1.82) is 0 Å². The number of Topliss-reactive ketones (excluding diaryl/α,β-unsaturated/α-hetero) is 1. The molecule has 1 aromatic carbocycles. The van der Waals surface area contributed by atoms with Crippen LogP contribution in [0.3, 0.4) is 0 Å². The molecule has 1 unspecified atom stereocenters. The summed E-state index contributed by atoms with van der Waals surface area (Å²) in [6, 6.07) is 10.1. The first-order chi connectivity index (χ1) is 10.6. The third-order valence-electron chi connectivity index (χ3n) is 5.03. The topological polar surface area (TPSA) is 35.5 Å². The van der Waals surface area contributed by atoms with Crippen LogP contribution in [0.2, 0.25) is 0 Å². The number of hydrogen-bond acceptors (Lipinski definition) is 3. The third kappa shape index (κ3) is 3.76. The lowest BCUT2D eigenvalue weighted by Gasteiger charge is -2.35. The molecule has 0 radical (unpaired) electrons. The molecule has 0 bridgehead atoms. The maximum Gasteiger partial charge on any atom is 0.158 e. The van der Waals surface area contributed by atoms with E-state index in [-0.39, 0.29) is 12.2 Å². The highest BCUT2D eigenvalue weighted by atomic mass is 16.7. The van der Waals surface area contributed by atoms with Crippen LogP contribution in [0.1, 0.15) is 51.0 Å². The van der Waals surface area contributed by atoms with E-state index in [0.717, 1.165) is 18.4 Å². The Bertz CT molecular complexity index is 461. The van der Waals surface area contributed by atoms with E-state index in [2.05, 4.69) is 0 Å². The van der Waals surface area contributed by atoms with E-state index in [9.17, 15) is 4.79 Å². The van der Waals surface area contributed by atoms with Crippen molar-refractivity contribution < 1.29 is 14.3 Å². The molecular weight excluding hydrogens is 276 g/mol. The molecule has 3 nitrogen and oxygen atoms in total. The van der Waals surface area contributed by atoms with Crippen LogP contribution in [0, 0.1) is 5.92 Å². The molecule has 0 aromatic heterocycles. The van der Waals surface area contributed by atoms with Crippen LogP contribution in [0.25, 0.3) is 0 Å². The Hall–Kier alpha value is -1.19. The average Bonchev–Trinajstić information content (AvgIpc) is 2.60. The second-order valence-electron chi connectivity index (χ2n) is 6.50. The maximum atomic E-state index is 13.3. The molecule has 0 heterocycles. The third-order valence-corrected chi connectivity index (χ3v) is 5.03. The van der Waals surface area contributed by atoms with Crippen molar-refractivity contribution in [2.45, 2.75) is 57.2 Å². The standard InChI is InChI=1S/C19H28O3/c1-19(14-17(21-2)22-3,16-12-8-5-9-13-16)18(20)15-10-6-4-7-11-15/h5,8-9,12-13,15,17H,4,6-7,10-11,14H2,1-3H3. The van der Waals surface area contributed by atoms with Gasteiger partial charge in [-0.05, 0) is 25.3 Å². The van der Waals surface area contributed by atoms with Gasteiger partial charge in [-0.1, -0.05) is 49.6 Å².